The molecular formula is C13H14Br2N2O2. The first kappa shape index (κ1) is 13.5. The van der Waals surface area contributed by atoms with Gasteiger partial charge in [-0.2, -0.15) is 0 Å². The Bertz CT molecular complexity index is 540. The van der Waals surface area contributed by atoms with E-state index in [0.717, 1.165) is 41.4 Å². The summed E-state index contributed by atoms with van der Waals surface area (Å²) in [5.74, 6) is 0.600. The smallest absolute Gasteiger partial charge is 0.288 e. The van der Waals surface area contributed by atoms with Crippen LogP contribution in [0.25, 0.3) is 0 Å². The number of fused-ring (bicyclic) bond motifs is 2. The van der Waals surface area contributed by atoms with Gasteiger partial charge >= 0.3 is 0 Å². The van der Waals surface area contributed by atoms with Crippen LogP contribution in [-0.4, -0.2) is 17.5 Å². The minimum atomic E-state index is -0.261. The van der Waals surface area contributed by atoms with E-state index in [1.165, 1.54) is 6.42 Å². The number of nitrogens with one attached hydrogen (secondary N) is 1. The van der Waals surface area contributed by atoms with Gasteiger partial charge in [-0.3, -0.25) is 10.1 Å². The van der Waals surface area contributed by atoms with Gasteiger partial charge in [0, 0.05) is 16.1 Å². The number of rotatable bonds is 1. The van der Waals surface area contributed by atoms with Crippen molar-refractivity contribution in [1.29, 1.82) is 0 Å². The Hall–Kier alpha value is -0.460. The fourth-order valence-corrected chi connectivity index (χ4v) is 4.14. The molecule has 4 nitrogen and oxygen atoms in total. The fraction of sp³-hybridized carbons (Fsp3) is 0.538. The van der Waals surface area contributed by atoms with E-state index in [4.69, 9.17) is 0 Å². The topological polar surface area (TPSA) is 55.2 Å². The molecule has 1 aromatic carbocycles. The second-order valence-electron chi connectivity index (χ2n) is 5.37. The number of halogens is 2. The lowest BCUT2D eigenvalue weighted by molar-refractivity contribution is -0.386. The van der Waals surface area contributed by atoms with Crippen LogP contribution >= 0.6 is 31.9 Å². The highest BCUT2D eigenvalue weighted by Gasteiger charge is 2.32. The number of nitrogens with zero attached hydrogens (tertiary/aromatic N) is 1. The minimum Gasteiger partial charge on any atom is -0.313 e. The van der Waals surface area contributed by atoms with Crippen LogP contribution < -0.4 is 5.32 Å². The Morgan fingerprint density at radius 3 is 2.74 bits per heavy atom. The maximum atomic E-state index is 11.4. The van der Waals surface area contributed by atoms with E-state index in [1.807, 2.05) is 6.07 Å². The third-order valence-electron chi connectivity index (χ3n) is 4.15. The summed E-state index contributed by atoms with van der Waals surface area (Å²) in [6, 6.07) is 2.43. The van der Waals surface area contributed by atoms with Crippen molar-refractivity contribution in [3.05, 3.63) is 36.3 Å². The first-order valence-electron chi connectivity index (χ1n) is 6.43. The lowest BCUT2D eigenvalue weighted by atomic mass is 9.81. The van der Waals surface area contributed by atoms with Crippen molar-refractivity contribution in [3.8, 4) is 0 Å². The summed E-state index contributed by atoms with van der Waals surface area (Å²) in [6.07, 6.45) is 4.03. The van der Waals surface area contributed by atoms with Crippen molar-refractivity contribution in [1.82, 2.24) is 5.32 Å². The van der Waals surface area contributed by atoms with Crippen molar-refractivity contribution in [2.75, 3.05) is 6.54 Å². The van der Waals surface area contributed by atoms with Crippen LogP contribution in [0.1, 0.15) is 24.0 Å². The summed E-state index contributed by atoms with van der Waals surface area (Å²) in [5.41, 5.74) is 2.28. The molecule has 1 aliphatic carbocycles. The zero-order valence-corrected chi connectivity index (χ0v) is 13.5. The molecule has 0 amide bonds. The van der Waals surface area contributed by atoms with Gasteiger partial charge in [-0.15, -0.1) is 0 Å². The molecule has 3 aliphatic rings. The number of hydrogen-bond acceptors (Lipinski definition) is 3. The Balaban J connectivity index is 2.17. The molecule has 0 spiro atoms. The van der Waals surface area contributed by atoms with E-state index in [9.17, 15) is 10.1 Å². The second kappa shape index (κ2) is 5.14. The number of nitro benzene ring substituents is 1. The van der Waals surface area contributed by atoms with Gasteiger partial charge in [0.1, 0.15) is 4.47 Å². The van der Waals surface area contributed by atoms with E-state index >= 15 is 0 Å². The first-order chi connectivity index (χ1) is 9.06. The van der Waals surface area contributed by atoms with Gasteiger partial charge in [-0.25, -0.2) is 0 Å². The molecule has 6 heteroatoms. The van der Waals surface area contributed by atoms with E-state index in [2.05, 4.69) is 37.2 Å². The standard InChI is InChI=1S/C13H14Br2N2O2/c14-11-4-8-3-7-1-2-9(16-6-7)5-10(8)13(12(11)15)17(18)19/h4,7,9,16H,1-3,5-6H2. The predicted molar refractivity (Wildman–Crippen MR) is 80.4 cm³/mol. The van der Waals surface area contributed by atoms with Crippen molar-refractivity contribution in [2.24, 2.45) is 5.92 Å². The number of hydrogen-bond donors (Lipinski definition) is 1. The molecule has 0 aromatic heterocycles. The molecule has 1 N–H and O–H groups in total. The largest absolute Gasteiger partial charge is 0.313 e. The number of piperidine rings is 1. The average Bonchev–Trinajstić information content (AvgIpc) is 2.34. The molecule has 0 saturated carbocycles. The van der Waals surface area contributed by atoms with E-state index in [-0.39, 0.29) is 10.6 Å². The maximum Gasteiger partial charge on any atom is 0.288 e. The average molecular weight is 390 g/mol. The van der Waals surface area contributed by atoms with Gasteiger partial charge in [0.25, 0.3) is 5.69 Å². The van der Waals surface area contributed by atoms with Crippen molar-refractivity contribution < 1.29 is 4.92 Å². The quantitative estimate of drug-likeness (QED) is 0.589. The number of benzene rings is 1. The molecule has 1 fully saturated rings. The monoisotopic (exact) mass is 388 g/mol. The van der Waals surface area contributed by atoms with Gasteiger partial charge in [0.2, 0.25) is 0 Å². The summed E-state index contributed by atoms with van der Waals surface area (Å²) in [7, 11) is 0. The molecule has 2 bridgehead atoms. The normalized spacial score (nSPS) is 25.6. The van der Waals surface area contributed by atoms with Crippen molar-refractivity contribution in [3.63, 3.8) is 0 Å². The van der Waals surface area contributed by atoms with E-state index in [1.54, 1.807) is 0 Å². The maximum absolute atomic E-state index is 11.4. The van der Waals surface area contributed by atoms with Gasteiger partial charge in [0.15, 0.2) is 0 Å². The van der Waals surface area contributed by atoms with Gasteiger partial charge < -0.3 is 5.32 Å². The first-order valence-corrected chi connectivity index (χ1v) is 8.02. The van der Waals surface area contributed by atoms with Gasteiger partial charge in [-0.05, 0) is 81.6 Å². The molecular weight excluding hydrogens is 376 g/mol. The van der Waals surface area contributed by atoms with Crippen LogP contribution in [0, 0.1) is 16.0 Å². The van der Waals surface area contributed by atoms with Gasteiger partial charge in [0.05, 0.1) is 4.92 Å². The summed E-state index contributed by atoms with van der Waals surface area (Å²) < 4.78 is 1.34. The fourth-order valence-electron chi connectivity index (χ4n) is 3.18. The third-order valence-corrected chi connectivity index (χ3v) is 6.11. The predicted octanol–water partition coefficient (Wildman–Crippen LogP) is 3.59. The number of nitro groups is 1. The highest BCUT2D eigenvalue weighted by Crippen LogP contribution is 2.41. The summed E-state index contributed by atoms with van der Waals surface area (Å²) in [6.45, 7) is 1.03. The molecule has 102 valence electrons. The molecule has 4 rings (SSSR count). The van der Waals surface area contributed by atoms with Crippen LogP contribution in [0.15, 0.2) is 15.0 Å². The Morgan fingerprint density at radius 2 is 2.11 bits per heavy atom. The lowest BCUT2D eigenvalue weighted by Gasteiger charge is -2.34. The molecule has 1 aromatic rings. The summed E-state index contributed by atoms with van der Waals surface area (Å²) in [5, 5.41) is 14.9. The third kappa shape index (κ3) is 2.45. The summed E-state index contributed by atoms with van der Waals surface area (Å²) >= 11 is 6.77. The SMILES string of the molecule is O=[N+]([O-])c1c(Br)c(Br)cc2c1CC1CCC(CN1)C2. The van der Waals surface area contributed by atoms with Crippen molar-refractivity contribution in [2.45, 2.75) is 31.7 Å². The van der Waals surface area contributed by atoms with E-state index < -0.39 is 0 Å². The minimum absolute atomic E-state index is 0.235. The zero-order chi connectivity index (χ0) is 13.6. The van der Waals surface area contributed by atoms with Crippen LogP contribution in [0.4, 0.5) is 5.69 Å². The zero-order valence-electron chi connectivity index (χ0n) is 10.3. The van der Waals surface area contributed by atoms with Crippen LogP contribution in [-0.2, 0) is 12.8 Å². The molecule has 2 aliphatic heterocycles. The molecule has 19 heavy (non-hydrogen) atoms. The molecule has 0 radical (unpaired) electrons. The van der Waals surface area contributed by atoms with E-state index in [0.29, 0.717) is 16.4 Å². The van der Waals surface area contributed by atoms with Crippen molar-refractivity contribution >= 4 is 37.5 Å². The molecule has 1 saturated heterocycles. The Morgan fingerprint density at radius 1 is 1.32 bits per heavy atom. The lowest BCUT2D eigenvalue weighted by Crippen LogP contribution is -2.43. The molecule has 2 heterocycles. The van der Waals surface area contributed by atoms with Gasteiger partial charge in [-0.1, -0.05) is 0 Å². The highest BCUT2D eigenvalue weighted by molar-refractivity contribution is 9.13. The summed E-state index contributed by atoms with van der Waals surface area (Å²) in [4.78, 5) is 11.1. The van der Waals surface area contributed by atoms with Crippen LogP contribution in [0.2, 0.25) is 0 Å². The Labute approximate surface area is 128 Å². The Kier molecular flexibility index (Phi) is 3.66. The van der Waals surface area contributed by atoms with Crippen LogP contribution in [0.5, 0.6) is 0 Å². The molecule has 2 atom stereocenters. The highest BCUT2D eigenvalue weighted by atomic mass is 79.9. The molecule has 2 unspecified atom stereocenters. The van der Waals surface area contributed by atoms with Crippen LogP contribution in [0.3, 0.4) is 0 Å². The second-order valence-corrected chi connectivity index (χ2v) is 7.02.